The highest BCUT2D eigenvalue weighted by molar-refractivity contribution is 6.21. The molecule has 1 aliphatic rings. The van der Waals surface area contributed by atoms with Crippen molar-refractivity contribution in [1.29, 1.82) is 0 Å². The maximum atomic E-state index is 12.1. The second kappa shape index (κ2) is 5.57. The summed E-state index contributed by atoms with van der Waals surface area (Å²) in [4.78, 5) is 22.4. The highest BCUT2D eigenvalue weighted by atomic mass is 35.5. The molecule has 0 bridgehead atoms. The van der Waals surface area contributed by atoms with Gasteiger partial charge in [-0.15, -0.1) is 11.6 Å². The molecule has 1 aliphatic carbocycles. The number of benzene rings is 1. The number of aryl methyl sites for hydroxylation is 1. The third kappa shape index (κ3) is 3.04. The van der Waals surface area contributed by atoms with Crippen molar-refractivity contribution >= 4 is 23.2 Å². The van der Waals surface area contributed by atoms with Gasteiger partial charge in [0, 0.05) is 23.7 Å². The molecule has 19 heavy (non-hydrogen) atoms. The van der Waals surface area contributed by atoms with Gasteiger partial charge in [-0.1, -0.05) is 6.07 Å². The first kappa shape index (κ1) is 13.8. The molecule has 5 nitrogen and oxygen atoms in total. The molecular weight excluding hydrogens is 268 g/mol. The van der Waals surface area contributed by atoms with E-state index in [0.29, 0.717) is 11.1 Å². The molecule has 2 atom stereocenters. The lowest BCUT2D eigenvalue weighted by atomic mass is 10.1. The average Bonchev–Trinajstić information content (AvgIpc) is 2.75. The number of nitro groups is 1. The van der Waals surface area contributed by atoms with Crippen molar-refractivity contribution in [2.45, 2.75) is 37.6 Å². The summed E-state index contributed by atoms with van der Waals surface area (Å²) < 4.78 is 0. The van der Waals surface area contributed by atoms with Gasteiger partial charge in [-0.25, -0.2) is 0 Å². The molecule has 0 saturated heterocycles. The number of nitrogens with one attached hydrogen (secondary N) is 1. The van der Waals surface area contributed by atoms with E-state index in [4.69, 9.17) is 11.6 Å². The highest BCUT2D eigenvalue weighted by Gasteiger charge is 2.27. The van der Waals surface area contributed by atoms with E-state index in [1.807, 2.05) is 0 Å². The molecule has 0 aliphatic heterocycles. The van der Waals surface area contributed by atoms with Gasteiger partial charge in [-0.05, 0) is 31.7 Å². The lowest BCUT2D eigenvalue weighted by Gasteiger charge is -2.16. The minimum absolute atomic E-state index is 0.0483. The standard InChI is InChI=1S/C13H15ClN2O3/c1-8-5-6-9(16(18)19)7-10(8)13(17)15-12-4-2-3-11(12)14/h5-7,11-12H,2-4H2,1H3,(H,15,17). The molecule has 0 heterocycles. The number of carbonyl (C=O) groups is 1. The lowest BCUT2D eigenvalue weighted by Crippen LogP contribution is -2.38. The van der Waals surface area contributed by atoms with E-state index in [2.05, 4.69) is 5.32 Å². The number of alkyl halides is 1. The Balaban J connectivity index is 2.18. The first-order valence-corrected chi connectivity index (χ1v) is 6.62. The van der Waals surface area contributed by atoms with Gasteiger partial charge in [0.05, 0.1) is 10.3 Å². The molecule has 1 amide bonds. The van der Waals surface area contributed by atoms with E-state index in [9.17, 15) is 14.9 Å². The topological polar surface area (TPSA) is 72.2 Å². The van der Waals surface area contributed by atoms with Crippen LogP contribution in [0.25, 0.3) is 0 Å². The van der Waals surface area contributed by atoms with Gasteiger partial charge in [-0.2, -0.15) is 0 Å². The summed E-state index contributed by atoms with van der Waals surface area (Å²) in [6.07, 6.45) is 2.74. The number of halogens is 1. The van der Waals surface area contributed by atoms with Crippen LogP contribution in [0, 0.1) is 17.0 Å². The second-order valence-electron chi connectivity index (χ2n) is 4.78. The van der Waals surface area contributed by atoms with Crippen molar-refractivity contribution in [3.05, 3.63) is 39.4 Å². The number of carbonyl (C=O) groups excluding carboxylic acids is 1. The Morgan fingerprint density at radius 1 is 1.47 bits per heavy atom. The van der Waals surface area contributed by atoms with Gasteiger partial charge >= 0.3 is 0 Å². The van der Waals surface area contributed by atoms with Crippen LogP contribution in [0.4, 0.5) is 5.69 Å². The number of nitrogens with zero attached hydrogens (tertiary/aromatic N) is 1. The van der Waals surface area contributed by atoms with Crippen molar-refractivity contribution in [2.75, 3.05) is 0 Å². The molecule has 1 saturated carbocycles. The Bertz CT molecular complexity index is 519. The summed E-state index contributed by atoms with van der Waals surface area (Å²) in [6.45, 7) is 1.76. The summed E-state index contributed by atoms with van der Waals surface area (Å²) >= 11 is 6.11. The fourth-order valence-corrected chi connectivity index (χ4v) is 2.63. The first-order chi connectivity index (χ1) is 8.99. The van der Waals surface area contributed by atoms with Crippen LogP contribution in [0.3, 0.4) is 0 Å². The van der Waals surface area contributed by atoms with Crippen molar-refractivity contribution in [3.8, 4) is 0 Å². The summed E-state index contributed by atoms with van der Waals surface area (Å²) in [5.41, 5.74) is 0.974. The van der Waals surface area contributed by atoms with Crippen LogP contribution in [0.15, 0.2) is 18.2 Å². The van der Waals surface area contributed by atoms with Crippen LogP contribution in [0.2, 0.25) is 0 Å². The quantitative estimate of drug-likeness (QED) is 0.526. The largest absolute Gasteiger partial charge is 0.348 e. The Morgan fingerprint density at radius 2 is 2.21 bits per heavy atom. The zero-order valence-electron chi connectivity index (χ0n) is 10.6. The van der Waals surface area contributed by atoms with E-state index in [-0.39, 0.29) is 23.0 Å². The lowest BCUT2D eigenvalue weighted by molar-refractivity contribution is -0.384. The van der Waals surface area contributed by atoms with Crippen LogP contribution in [0.1, 0.15) is 35.2 Å². The normalized spacial score (nSPS) is 22.2. The number of hydrogen-bond donors (Lipinski definition) is 1. The molecule has 1 aromatic rings. The third-order valence-corrected chi connectivity index (χ3v) is 3.95. The SMILES string of the molecule is Cc1ccc([N+](=O)[O-])cc1C(=O)NC1CCCC1Cl. The molecule has 0 spiro atoms. The van der Waals surface area contributed by atoms with Crippen molar-refractivity contribution in [2.24, 2.45) is 0 Å². The minimum Gasteiger partial charge on any atom is -0.348 e. The van der Waals surface area contributed by atoms with Crippen molar-refractivity contribution in [1.82, 2.24) is 5.32 Å². The number of non-ortho nitro benzene ring substituents is 1. The molecule has 1 N–H and O–H groups in total. The zero-order valence-corrected chi connectivity index (χ0v) is 11.3. The first-order valence-electron chi connectivity index (χ1n) is 6.19. The molecule has 0 aromatic heterocycles. The van der Waals surface area contributed by atoms with E-state index in [1.54, 1.807) is 13.0 Å². The molecule has 2 unspecified atom stereocenters. The van der Waals surface area contributed by atoms with Crippen molar-refractivity contribution in [3.63, 3.8) is 0 Å². The Morgan fingerprint density at radius 3 is 2.79 bits per heavy atom. The monoisotopic (exact) mass is 282 g/mol. The second-order valence-corrected chi connectivity index (χ2v) is 5.34. The summed E-state index contributed by atoms with van der Waals surface area (Å²) in [7, 11) is 0. The predicted molar refractivity (Wildman–Crippen MR) is 72.6 cm³/mol. The highest BCUT2D eigenvalue weighted by Crippen LogP contribution is 2.25. The Hall–Kier alpha value is -1.62. The van der Waals surface area contributed by atoms with Crippen LogP contribution in [-0.2, 0) is 0 Å². The van der Waals surface area contributed by atoms with Gasteiger partial charge < -0.3 is 5.32 Å². The molecule has 1 fully saturated rings. The van der Waals surface area contributed by atoms with Gasteiger partial charge in [0.15, 0.2) is 0 Å². The van der Waals surface area contributed by atoms with Crippen molar-refractivity contribution < 1.29 is 9.72 Å². The van der Waals surface area contributed by atoms with Gasteiger partial charge in [0.2, 0.25) is 0 Å². The minimum atomic E-state index is -0.504. The smallest absolute Gasteiger partial charge is 0.270 e. The Kier molecular flexibility index (Phi) is 4.04. The van der Waals surface area contributed by atoms with Gasteiger partial charge in [0.1, 0.15) is 0 Å². The molecular formula is C13H15ClN2O3. The average molecular weight is 283 g/mol. The number of rotatable bonds is 3. The molecule has 1 aromatic carbocycles. The molecule has 0 radical (unpaired) electrons. The van der Waals surface area contributed by atoms with Crippen LogP contribution >= 0.6 is 11.6 Å². The fourth-order valence-electron chi connectivity index (χ4n) is 2.29. The third-order valence-electron chi connectivity index (χ3n) is 3.42. The van der Waals surface area contributed by atoms with E-state index < -0.39 is 4.92 Å². The molecule has 2 rings (SSSR count). The summed E-state index contributed by atoms with van der Waals surface area (Å²) in [5, 5.41) is 13.5. The maximum absolute atomic E-state index is 12.1. The fraction of sp³-hybridized carbons (Fsp3) is 0.462. The summed E-state index contributed by atoms with van der Waals surface area (Å²) in [6, 6.07) is 4.24. The van der Waals surface area contributed by atoms with Gasteiger partial charge in [-0.3, -0.25) is 14.9 Å². The number of amides is 1. The zero-order chi connectivity index (χ0) is 14.0. The van der Waals surface area contributed by atoms with E-state index >= 15 is 0 Å². The number of nitro benzene ring substituents is 1. The van der Waals surface area contributed by atoms with E-state index in [0.717, 1.165) is 19.3 Å². The van der Waals surface area contributed by atoms with Crippen LogP contribution < -0.4 is 5.32 Å². The number of hydrogen-bond acceptors (Lipinski definition) is 3. The maximum Gasteiger partial charge on any atom is 0.270 e. The van der Waals surface area contributed by atoms with Crippen LogP contribution in [0.5, 0.6) is 0 Å². The van der Waals surface area contributed by atoms with Crippen LogP contribution in [-0.4, -0.2) is 22.2 Å². The Labute approximate surface area is 116 Å². The predicted octanol–water partition coefficient (Wildman–Crippen LogP) is 2.79. The summed E-state index contributed by atoms with van der Waals surface area (Å²) in [5.74, 6) is -0.293. The van der Waals surface area contributed by atoms with E-state index in [1.165, 1.54) is 12.1 Å². The van der Waals surface area contributed by atoms with Gasteiger partial charge in [0.25, 0.3) is 11.6 Å². The molecule has 6 heteroatoms. The molecule has 102 valence electrons.